The zero-order valence-electron chi connectivity index (χ0n) is 16.2. The van der Waals surface area contributed by atoms with E-state index in [-0.39, 0.29) is 31.2 Å². The van der Waals surface area contributed by atoms with Crippen LogP contribution in [0.5, 0.6) is 5.75 Å². The molecule has 0 saturated heterocycles. The van der Waals surface area contributed by atoms with E-state index in [2.05, 4.69) is 9.44 Å². The van der Waals surface area contributed by atoms with Gasteiger partial charge in [0, 0.05) is 15.7 Å². The maximum atomic E-state index is 12.6. The molecule has 2 N–H and O–H groups in total. The molecule has 0 bridgehead atoms. The van der Waals surface area contributed by atoms with Gasteiger partial charge < -0.3 is 4.74 Å². The predicted molar refractivity (Wildman–Crippen MR) is 122 cm³/mol. The fourth-order valence-electron chi connectivity index (χ4n) is 2.62. The largest absolute Gasteiger partial charge is 0.494 e. The minimum atomic E-state index is -3.93. The molecule has 0 fully saturated rings. The molecule has 0 atom stereocenters. The Morgan fingerprint density at radius 2 is 1.16 bits per heavy atom. The normalized spacial score (nSPS) is 11.7. The molecule has 0 aromatic heterocycles. The molecule has 0 aliphatic heterocycles. The number of hydrogen-bond acceptors (Lipinski definition) is 5. The second-order valence-electron chi connectivity index (χ2n) is 6.30. The molecule has 164 valence electrons. The van der Waals surface area contributed by atoms with Gasteiger partial charge in [0.05, 0.1) is 22.1 Å². The van der Waals surface area contributed by atoms with Gasteiger partial charge in [-0.25, -0.2) is 16.8 Å². The van der Waals surface area contributed by atoms with Crippen LogP contribution in [0, 0.1) is 0 Å². The van der Waals surface area contributed by atoms with Gasteiger partial charge >= 0.3 is 0 Å². The van der Waals surface area contributed by atoms with Crippen molar-refractivity contribution in [2.24, 2.45) is 0 Å². The molecule has 3 aromatic rings. The van der Waals surface area contributed by atoms with E-state index in [1.165, 1.54) is 54.6 Å². The Kier molecular flexibility index (Phi) is 7.00. The summed E-state index contributed by atoms with van der Waals surface area (Å²) >= 11 is 11.8. The highest BCUT2D eigenvalue weighted by atomic mass is 35.5. The van der Waals surface area contributed by atoms with Gasteiger partial charge in [-0.05, 0) is 73.7 Å². The van der Waals surface area contributed by atoms with Crippen molar-refractivity contribution < 1.29 is 21.6 Å². The molecular weight excluding hydrogens is 483 g/mol. The van der Waals surface area contributed by atoms with E-state index < -0.39 is 20.0 Å². The first-order valence-corrected chi connectivity index (χ1v) is 12.7. The summed E-state index contributed by atoms with van der Waals surface area (Å²) in [5, 5.41) is 0.563. The smallest absolute Gasteiger partial charge is 0.261 e. The topological polar surface area (TPSA) is 102 Å². The highest BCUT2D eigenvalue weighted by Gasteiger charge is 2.17. The lowest BCUT2D eigenvalue weighted by atomic mass is 10.3. The van der Waals surface area contributed by atoms with Crippen molar-refractivity contribution in [2.45, 2.75) is 16.7 Å². The van der Waals surface area contributed by atoms with E-state index in [1.807, 2.05) is 6.92 Å². The molecular formula is C20H18Cl2N2O5S2. The van der Waals surface area contributed by atoms with Crippen LogP contribution < -0.4 is 14.2 Å². The zero-order chi connectivity index (χ0) is 22.6. The Balaban J connectivity index is 1.75. The molecule has 31 heavy (non-hydrogen) atoms. The minimum absolute atomic E-state index is 0.0483. The van der Waals surface area contributed by atoms with Crippen LogP contribution in [-0.4, -0.2) is 23.4 Å². The first-order chi connectivity index (χ1) is 14.6. The second kappa shape index (κ2) is 9.35. The summed E-state index contributed by atoms with van der Waals surface area (Å²) in [6.45, 7) is 2.30. The average molecular weight is 501 g/mol. The van der Waals surface area contributed by atoms with E-state index in [1.54, 1.807) is 12.1 Å². The molecule has 7 nitrogen and oxygen atoms in total. The van der Waals surface area contributed by atoms with Crippen LogP contribution in [0.1, 0.15) is 6.92 Å². The van der Waals surface area contributed by atoms with Crippen molar-refractivity contribution in [2.75, 3.05) is 16.1 Å². The van der Waals surface area contributed by atoms with E-state index in [4.69, 9.17) is 27.9 Å². The number of rotatable bonds is 8. The summed E-state index contributed by atoms with van der Waals surface area (Å²) in [4.78, 5) is -0.0141. The van der Waals surface area contributed by atoms with E-state index in [0.29, 0.717) is 12.4 Å². The summed E-state index contributed by atoms with van der Waals surface area (Å²) in [5.74, 6) is 0.560. The Morgan fingerprint density at radius 3 is 1.65 bits per heavy atom. The van der Waals surface area contributed by atoms with Gasteiger partial charge in [0.2, 0.25) is 0 Å². The Hall–Kier alpha value is -2.46. The SMILES string of the molecule is CCOc1ccc(S(=O)(=O)Nc2ccc(S(=O)(=O)Nc3cc(Cl)cc(Cl)c3)cc2)cc1. The number of nitrogens with one attached hydrogen (secondary N) is 2. The van der Waals surface area contributed by atoms with Crippen molar-refractivity contribution in [3.63, 3.8) is 0 Å². The van der Waals surface area contributed by atoms with Gasteiger partial charge in [0.25, 0.3) is 20.0 Å². The maximum absolute atomic E-state index is 12.6. The first-order valence-electron chi connectivity index (χ1n) is 8.94. The summed E-state index contributed by atoms with van der Waals surface area (Å²) in [5.41, 5.74) is 0.413. The molecule has 0 aliphatic rings. The Bertz CT molecular complexity index is 1260. The van der Waals surface area contributed by atoms with Gasteiger partial charge in [-0.3, -0.25) is 9.44 Å². The highest BCUT2D eigenvalue weighted by molar-refractivity contribution is 7.93. The molecule has 0 aliphatic carbocycles. The second-order valence-corrected chi connectivity index (χ2v) is 10.5. The van der Waals surface area contributed by atoms with Crippen LogP contribution in [0.2, 0.25) is 10.0 Å². The van der Waals surface area contributed by atoms with E-state index in [9.17, 15) is 16.8 Å². The molecule has 11 heteroatoms. The lowest BCUT2D eigenvalue weighted by Gasteiger charge is -2.11. The summed E-state index contributed by atoms with van der Waals surface area (Å²) in [6.07, 6.45) is 0. The van der Waals surface area contributed by atoms with Crippen molar-refractivity contribution in [1.82, 2.24) is 0 Å². The van der Waals surface area contributed by atoms with Gasteiger partial charge in [0.15, 0.2) is 0 Å². The van der Waals surface area contributed by atoms with Gasteiger partial charge in [-0.15, -0.1) is 0 Å². The van der Waals surface area contributed by atoms with Crippen LogP contribution in [0.25, 0.3) is 0 Å². The third-order valence-electron chi connectivity index (χ3n) is 3.98. The number of sulfonamides is 2. The molecule has 3 aromatic carbocycles. The molecule has 0 amide bonds. The Labute approximate surface area is 191 Å². The highest BCUT2D eigenvalue weighted by Crippen LogP contribution is 2.26. The summed E-state index contributed by atoms with van der Waals surface area (Å²) in [7, 11) is -7.78. The van der Waals surface area contributed by atoms with Crippen LogP contribution in [0.15, 0.2) is 76.5 Å². The van der Waals surface area contributed by atoms with Crippen molar-refractivity contribution in [3.8, 4) is 5.75 Å². The van der Waals surface area contributed by atoms with Gasteiger partial charge in [-0.2, -0.15) is 0 Å². The van der Waals surface area contributed by atoms with Crippen LogP contribution in [0.4, 0.5) is 11.4 Å². The lowest BCUT2D eigenvalue weighted by molar-refractivity contribution is 0.340. The van der Waals surface area contributed by atoms with Crippen molar-refractivity contribution in [3.05, 3.63) is 76.8 Å². The quantitative estimate of drug-likeness (QED) is 0.453. The average Bonchev–Trinajstić information content (AvgIpc) is 2.67. The lowest BCUT2D eigenvalue weighted by Crippen LogP contribution is -2.14. The van der Waals surface area contributed by atoms with E-state index >= 15 is 0 Å². The third-order valence-corrected chi connectivity index (χ3v) is 7.21. The summed E-state index contributed by atoms with van der Waals surface area (Å²) in [6, 6.07) is 15.6. The number of benzene rings is 3. The monoisotopic (exact) mass is 500 g/mol. The maximum Gasteiger partial charge on any atom is 0.261 e. The molecule has 0 heterocycles. The standard InChI is InChI=1S/C20H18Cl2N2O5S2/c1-2-29-18-5-9-20(10-6-18)30(25,26)23-16-3-7-19(8-4-16)31(27,28)24-17-12-14(21)11-15(22)13-17/h3-13,23-24H,2H2,1H3. The van der Waals surface area contributed by atoms with Crippen LogP contribution in [-0.2, 0) is 20.0 Å². The minimum Gasteiger partial charge on any atom is -0.494 e. The fourth-order valence-corrected chi connectivity index (χ4v) is 5.25. The number of hydrogen-bond donors (Lipinski definition) is 2. The number of anilines is 2. The summed E-state index contributed by atoms with van der Waals surface area (Å²) < 4.78 is 60.3. The van der Waals surface area contributed by atoms with Crippen molar-refractivity contribution in [1.29, 1.82) is 0 Å². The van der Waals surface area contributed by atoms with Gasteiger partial charge in [0.1, 0.15) is 5.75 Å². The third kappa shape index (κ3) is 6.04. The van der Waals surface area contributed by atoms with Crippen LogP contribution in [0.3, 0.4) is 0 Å². The Morgan fingerprint density at radius 1 is 0.710 bits per heavy atom. The van der Waals surface area contributed by atoms with Crippen LogP contribution >= 0.6 is 23.2 Å². The molecule has 0 spiro atoms. The van der Waals surface area contributed by atoms with Gasteiger partial charge in [-0.1, -0.05) is 23.2 Å². The number of ether oxygens (including phenoxy) is 1. The van der Waals surface area contributed by atoms with E-state index in [0.717, 1.165) is 0 Å². The molecule has 3 rings (SSSR count). The number of halogens is 2. The first kappa shape index (κ1) is 23.2. The molecule has 0 radical (unpaired) electrons. The predicted octanol–water partition coefficient (Wildman–Crippen LogP) is 4.99. The zero-order valence-corrected chi connectivity index (χ0v) is 19.3. The molecule has 0 saturated carbocycles. The fraction of sp³-hybridized carbons (Fsp3) is 0.100. The molecule has 0 unspecified atom stereocenters. The van der Waals surface area contributed by atoms with Crippen molar-refractivity contribution >= 4 is 54.6 Å².